The molecule has 0 aliphatic heterocycles. The van der Waals surface area contributed by atoms with Crippen LogP contribution in [0.5, 0.6) is 0 Å². The van der Waals surface area contributed by atoms with Crippen molar-refractivity contribution in [1.29, 1.82) is 0 Å². The number of aromatic nitrogens is 1. The van der Waals surface area contributed by atoms with E-state index < -0.39 is 17.6 Å². The van der Waals surface area contributed by atoms with E-state index in [0.29, 0.717) is 11.4 Å². The fraction of sp³-hybridized carbons (Fsp3) is 0.143. The SMILES string of the molecule is COC(=O)c1cccnc1NCc1ccc(F)c(F)c1. The highest BCUT2D eigenvalue weighted by atomic mass is 19.2. The number of rotatable bonds is 4. The number of ether oxygens (including phenoxy) is 1. The maximum absolute atomic E-state index is 13.1. The average molecular weight is 278 g/mol. The lowest BCUT2D eigenvalue weighted by Gasteiger charge is -2.09. The monoisotopic (exact) mass is 278 g/mol. The van der Waals surface area contributed by atoms with Crippen molar-refractivity contribution in [3.63, 3.8) is 0 Å². The van der Waals surface area contributed by atoms with Crippen LogP contribution in [0.3, 0.4) is 0 Å². The van der Waals surface area contributed by atoms with E-state index in [1.165, 1.54) is 19.4 Å². The van der Waals surface area contributed by atoms with Gasteiger partial charge in [-0.1, -0.05) is 6.07 Å². The first kappa shape index (κ1) is 13.9. The molecule has 2 rings (SSSR count). The van der Waals surface area contributed by atoms with Crippen LogP contribution in [-0.2, 0) is 11.3 Å². The molecule has 0 atom stereocenters. The Kier molecular flexibility index (Phi) is 4.24. The molecule has 0 radical (unpaired) electrons. The van der Waals surface area contributed by atoms with E-state index in [1.807, 2.05) is 0 Å². The van der Waals surface area contributed by atoms with Crippen LogP contribution >= 0.6 is 0 Å². The van der Waals surface area contributed by atoms with Crippen molar-refractivity contribution >= 4 is 11.8 Å². The van der Waals surface area contributed by atoms with Gasteiger partial charge in [0, 0.05) is 12.7 Å². The highest BCUT2D eigenvalue weighted by Gasteiger charge is 2.12. The molecule has 0 saturated heterocycles. The molecule has 1 heterocycles. The Morgan fingerprint density at radius 1 is 1.30 bits per heavy atom. The van der Waals surface area contributed by atoms with Gasteiger partial charge in [-0.25, -0.2) is 18.6 Å². The Bertz CT molecular complexity index is 632. The van der Waals surface area contributed by atoms with E-state index in [2.05, 4.69) is 15.0 Å². The number of carbonyl (C=O) groups excluding carboxylic acids is 1. The maximum atomic E-state index is 13.1. The van der Waals surface area contributed by atoms with Gasteiger partial charge in [0.2, 0.25) is 0 Å². The van der Waals surface area contributed by atoms with Gasteiger partial charge in [0.15, 0.2) is 11.6 Å². The molecule has 0 aliphatic rings. The van der Waals surface area contributed by atoms with Gasteiger partial charge in [0.05, 0.1) is 7.11 Å². The van der Waals surface area contributed by atoms with Crippen LogP contribution in [0.4, 0.5) is 14.6 Å². The normalized spacial score (nSPS) is 10.2. The van der Waals surface area contributed by atoms with E-state index in [9.17, 15) is 13.6 Å². The second-order valence-electron chi connectivity index (χ2n) is 3.99. The number of hydrogen-bond acceptors (Lipinski definition) is 4. The highest BCUT2D eigenvalue weighted by Crippen LogP contribution is 2.15. The molecular weight excluding hydrogens is 266 g/mol. The molecule has 0 saturated carbocycles. The fourth-order valence-corrected chi connectivity index (χ4v) is 1.66. The van der Waals surface area contributed by atoms with Gasteiger partial charge < -0.3 is 10.1 Å². The third-order valence-electron chi connectivity index (χ3n) is 2.66. The number of nitrogens with one attached hydrogen (secondary N) is 1. The molecule has 0 unspecified atom stereocenters. The highest BCUT2D eigenvalue weighted by molar-refractivity contribution is 5.94. The number of halogens is 2. The number of anilines is 1. The Morgan fingerprint density at radius 2 is 2.10 bits per heavy atom. The van der Waals surface area contributed by atoms with E-state index >= 15 is 0 Å². The smallest absolute Gasteiger partial charge is 0.341 e. The van der Waals surface area contributed by atoms with E-state index in [0.717, 1.165) is 12.1 Å². The summed E-state index contributed by atoms with van der Waals surface area (Å²) in [5, 5.41) is 2.89. The zero-order valence-corrected chi connectivity index (χ0v) is 10.7. The molecule has 4 nitrogen and oxygen atoms in total. The van der Waals surface area contributed by atoms with Gasteiger partial charge in [-0.2, -0.15) is 0 Å². The van der Waals surface area contributed by atoms with E-state index in [1.54, 1.807) is 12.1 Å². The molecule has 2 aromatic rings. The summed E-state index contributed by atoms with van der Waals surface area (Å²) in [6, 6.07) is 6.75. The van der Waals surface area contributed by atoms with Crippen molar-refractivity contribution in [3.8, 4) is 0 Å². The molecule has 6 heteroatoms. The summed E-state index contributed by atoms with van der Waals surface area (Å²) in [5.41, 5.74) is 0.808. The first-order valence-electron chi connectivity index (χ1n) is 5.83. The van der Waals surface area contributed by atoms with Crippen LogP contribution in [0.1, 0.15) is 15.9 Å². The van der Waals surface area contributed by atoms with Crippen molar-refractivity contribution in [2.24, 2.45) is 0 Å². The quantitative estimate of drug-likeness (QED) is 0.874. The summed E-state index contributed by atoms with van der Waals surface area (Å²) in [5.74, 6) is -2.02. The van der Waals surface area contributed by atoms with E-state index in [-0.39, 0.29) is 12.1 Å². The third-order valence-corrected chi connectivity index (χ3v) is 2.66. The lowest BCUT2D eigenvalue weighted by molar-refractivity contribution is 0.0601. The lowest BCUT2D eigenvalue weighted by Crippen LogP contribution is -2.10. The van der Waals surface area contributed by atoms with Crippen LogP contribution in [0.25, 0.3) is 0 Å². The molecule has 0 fully saturated rings. The molecule has 1 aromatic heterocycles. The number of nitrogens with zero attached hydrogens (tertiary/aromatic N) is 1. The number of methoxy groups -OCH3 is 1. The molecule has 1 N–H and O–H groups in total. The second-order valence-corrected chi connectivity index (χ2v) is 3.99. The Balaban J connectivity index is 2.14. The third kappa shape index (κ3) is 3.09. The molecule has 20 heavy (non-hydrogen) atoms. The number of pyridine rings is 1. The van der Waals surface area contributed by atoms with Gasteiger partial charge >= 0.3 is 5.97 Å². The van der Waals surface area contributed by atoms with Crippen molar-refractivity contribution in [1.82, 2.24) is 4.98 Å². The fourth-order valence-electron chi connectivity index (χ4n) is 1.66. The predicted molar refractivity (Wildman–Crippen MR) is 69.3 cm³/mol. The Labute approximate surface area is 114 Å². The molecule has 104 valence electrons. The number of esters is 1. The van der Waals surface area contributed by atoms with Gasteiger partial charge in [0.25, 0.3) is 0 Å². The van der Waals surface area contributed by atoms with Gasteiger partial charge in [-0.05, 0) is 29.8 Å². The van der Waals surface area contributed by atoms with Crippen molar-refractivity contribution < 1.29 is 18.3 Å². The lowest BCUT2D eigenvalue weighted by atomic mass is 10.2. The topological polar surface area (TPSA) is 51.2 Å². The van der Waals surface area contributed by atoms with Crippen LogP contribution in [-0.4, -0.2) is 18.1 Å². The summed E-state index contributed by atoms with van der Waals surface area (Å²) in [6.07, 6.45) is 1.51. The Morgan fingerprint density at radius 3 is 2.80 bits per heavy atom. The van der Waals surface area contributed by atoms with Gasteiger partial charge in [-0.3, -0.25) is 0 Å². The predicted octanol–water partition coefficient (Wildman–Crippen LogP) is 2.76. The largest absolute Gasteiger partial charge is 0.465 e. The van der Waals surface area contributed by atoms with Crippen LogP contribution in [0.2, 0.25) is 0 Å². The van der Waals surface area contributed by atoms with Crippen molar-refractivity contribution in [2.75, 3.05) is 12.4 Å². The number of carbonyl (C=O) groups is 1. The van der Waals surface area contributed by atoms with Crippen molar-refractivity contribution in [2.45, 2.75) is 6.54 Å². The van der Waals surface area contributed by atoms with E-state index in [4.69, 9.17) is 0 Å². The van der Waals surface area contributed by atoms with Crippen LogP contribution in [0, 0.1) is 11.6 Å². The zero-order valence-electron chi connectivity index (χ0n) is 10.7. The standard InChI is InChI=1S/C14H12F2N2O2/c1-20-14(19)10-3-2-6-17-13(10)18-8-9-4-5-11(15)12(16)7-9/h2-7H,8H2,1H3,(H,17,18). The summed E-state index contributed by atoms with van der Waals surface area (Å²) < 4.78 is 30.5. The molecule has 0 bridgehead atoms. The summed E-state index contributed by atoms with van der Waals surface area (Å²) >= 11 is 0. The van der Waals surface area contributed by atoms with Gasteiger partial charge in [-0.15, -0.1) is 0 Å². The van der Waals surface area contributed by atoms with Crippen LogP contribution in [0.15, 0.2) is 36.5 Å². The number of benzene rings is 1. The molecule has 0 amide bonds. The first-order valence-corrected chi connectivity index (χ1v) is 5.83. The molecule has 0 spiro atoms. The minimum atomic E-state index is -0.918. The molecule has 0 aliphatic carbocycles. The Hall–Kier alpha value is -2.50. The summed E-state index contributed by atoms with van der Waals surface area (Å²) in [6.45, 7) is 0.207. The first-order chi connectivity index (χ1) is 9.61. The zero-order chi connectivity index (χ0) is 14.5. The van der Waals surface area contributed by atoms with Gasteiger partial charge in [0.1, 0.15) is 11.4 Å². The molecule has 1 aromatic carbocycles. The maximum Gasteiger partial charge on any atom is 0.341 e. The average Bonchev–Trinajstić information content (AvgIpc) is 2.48. The minimum Gasteiger partial charge on any atom is -0.465 e. The summed E-state index contributed by atoms with van der Waals surface area (Å²) in [7, 11) is 1.27. The van der Waals surface area contributed by atoms with Crippen molar-refractivity contribution in [3.05, 3.63) is 59.3 Å². The van der Waals surface area contributed by atoms with Crippen LogP contribution < -0.4 is 5.32 Å². The number of hydrogen-bond donors (Lipinski definition) is 1. The second kappa shape index (κ2) is 6.10. The molecular formula is C14H12F2N2O2. The minimum absolute atomic E-state index is 0.207. The summed E-state index contributed by atoms with van der Waals surface area (Å²) in [4.78, 5) is 15.6.